The van der Waals surface area contributed by atoms with Gasteiger partial charge in [0, 0.05) is 6.04 Å². The lowest BCUT2D eigenvalue weighted by molar-refractivity contribution is -0.121. The summed E-state index contributed by atoms with van der Waals surface area (Å²) in [4.78, 5) is 12.0. The number of hydrogen-bond donors (Lipinski definition) is 2. The first-order valence-corrected chi connectivity index (χ1v) is 8.76. The lowest BCUT2D eigenvalue weighted by atomic mass is 10.2. The molecule has 0 spiro atoms. The van der Waals surface area contributed by atoms with Crippen LogP contribution in [-0.2, 0) is 14.6 Å². The number of sulfone groups is 1. The smallest absolute Gasteiger partial charge is 0.238 e. The fourth-order valence-electron chi connectivity index (χ4n) is 1.95. The second-order valence-corrected chi connectivity index (χ2v) is 7.48. The third kappa shape index (κ3) is 3.89. The molecular formula is C14H21ClN2O3S. The zero-order valence-electron chi connectivity index (χ0n) is 12.4. The number of carbonyl (C=O) groups excluding carboxylic acids is 1. The average Bonchev–Trinajstić information content (AvgIpc) is 2.43. The molecule has 0 radical (unpaired) electrons. The fraction of sp³-hybridized carbons (Fsp3) is 0.500. The summed E-state index contributed by atoms with van der Waals surface area (Å²) in [6, 6.07) is 4.41. The van der Waals surface area contributed by atoms with E-state index in [-0.39, 0.29) is 21.6 Å². The van der Waals surface area contributed by atoms with Crippen LogP contribution in [0.4, 0.5) is 5.69 Å². The topological polar surface area (TPSA) is 89.3 Å². The van der Waals surface area contributed by atoms with Crippen LogP contribution in [0.3, 0.4) is 0 Å². The Bertz CT molecular complexity index is 592. The number of nitrogens with two attached hydrogens (primary N) is 1. The number of halogens is 1. The van der Waals surface area contributed by atoms with E-state index < -0.39 is 21.0 Å². The molecule has 5 nitrogen and oxygen atoms in total. The van der Waals surface area contributed by atoms with Gasteiger partial charge in [-0.15, -0.1) is 0 Å². The van der Waals surface area contributed by atoms with Gasteiger partial charge in [-0.2, -0.15) is 0 Å². The number of carbonyl (C=O) groups is 1. The van der Waals surface area contributed by atoms with Crippen molar-refractivity contribution in [1.82, 2.24) is 5.32 Å². The Morgan fingerprint density at radius 2 is 1.90 bits per heavy atom. The average molecular weight is 333 g/mol. The molecular weight excluding hydrogens is 312 g/mol. The zero-order valence-corrected chi connectivity index (χ0v) is 14.0. The van der Waals surface area contributed by atoms with Crippen LogP contribution in [0.25, 0.3) is 0 Å². The minimum Gasteiger partial charge on any atom is -0.398 e. The first-order valence-electron chi connectivity index (χ1n) is 6.83. The molecule has 1 unspecified atom stereocenters. The summed E-state index contributed by atoms with van der Waals surface area (Å²) < 4.78 is 25.1. The molecule has 1 amide bonds. The van der Waals surface area contributed by atoms with Gasteiger partial charge in [0.1, 0.15) is 10.1 Å². The fourth-order valence-corrected chi connectivity index (χ4v) is 3.90. The summed E-state index contributed by atoms with van der Waals surface area (Å²) in [5.41, 5.74) is 5.75. The first-order chi connectivity index (χ1) is 9.75. The molecule has 3 N–H and O–H groups in total. The summed E-state index contributed by atoms with van der Waals surface area (Å²) in [5, 5.41) is 1.50. The first kappa shape index (κ1) is 17.8. The minimum absolute atomic E-state index is 0.0252. The van der Waals surface area contributed by atoms with E-state index in [9.17, 15) is 13.2 Å². The Kier molecular flexibility index (Phi) is 6.04. The van der Waals surface area contributed by atoms with Crippen LogP contribution < -0.4 is 11.1 Å². The van der Waals surface area contributed by atoms with Crippen LogP contribution in [0.5, 0.6) is 0 Å². The molecule has 1 aromatic rings. The van der Waals surface area contributed by atoms with Crippen molar-refractivity contribution in [3.63, 3.8) is 0 Å². The standard InChI is InChI=1S/C14H21ClN2O3S/c1-4-10(5-2)17-14(18)9(3)21(19,20)13-11(15)7-6-8-12(13)16/h6-10H,4-5,16H2,1-3H3,(H,17,18). The van der Waals surface area contributed by atoms with E-state index in [4.69, 9.17) is 17.3 Å². The van der Waals surface area contributed by atoms with Gasteiger partial charge >= 0.3 is 0 Å². The van der Waals surface area contributed by atoms with Crippen molar-refractivity contribution < 1.29 is 13.2 Å². The summed E-state index contributed by atoms with van der Waals surface area (Å²) in [6.45, 7) is 5.20. The van der Waals surface area contributed by atoms with E-state index in [1.807, 2.05) is 13.8 Å². The monoisotopic (exact) mass is 332 g/mol. The van der Waals surface area contributed by atoms with Gasteiger partial charge in [-0.25, -0.2) is 8.42 Å². The predicted molar refractivity (Wildman–Crippen MR) is 85.0 cm³/mol. The van der Waals surface area contributed by atoms with Gasteiger partial charge in [0.05, 0.1) is 10.7 Å². The van der Waals surface area contributed by atoms with E-state index in [2.05, 4.69) is 5.32 Å². The van der Waals surface area contributed by atoms with Crippen LogP contribution in [-0.4, -0.2) is 25.6 Å². The van der Waals surface area contributed by atoms with Crippen molar-refractivity contribution in [3.8, 4) is 0 Å². The van der Waals surface area contributed by atoms with Crippen molar-refractivity contribution in [2.45, 2.75) is 49.8 Å². The number of anilines is 1. The Balaban J connectivity index is 3.10. The SMILES string of the molecule is CCC(CC)NC(=O)C(C)S(=O)(=O)c1c(N)cccc1Cl. The molecule has 0 heterocycles. The highest BCUT2D eigenvalue weighted by Crippen LogP contribution is 2.30. The third-order valence-corrected chi connectivity index (χ3v) is 6.05. The van der Waals surface area contributed by atoms with Crippen molar-refractivity contribution in [1.29, 1.82) is 0 Å². The van der Waals surface area contributed by atoms with Crippen molar-refractivity contribution >= 4 is 33.0 Å². The van der Waals surface area contributed by atoms with E-state index in [0.29, 0.717) is 0 Å². The number of hydrogen-bond acceptors (Lipinski definition) is 4. The predicted octanol–water partition coefficient (Wildman–Crippen LogP) is 2.39. The van der Waals surface area contributed by atoms with Gasteiger partial charge in [0.15, 0.2) is 9.84 Å². The Hall–Kier alpha value is -1.27. The highest BCUT2D eigenvalue weighted by atomic mass is 35.5. The van der Waals surface area contributed by atoms with Gasteiger partial charge in [-0.1, -0.05) is 31.5 Å². The quantitative estimate of drug-likeness (QED) is 0.783. The minimum atomic E-state index is -3.93. The zero-order chi connectivity index (χ0) is 16.2. The van der Waals surface area contributed by atoms with E-state index >= 15 is 0 Å². The van der Waals surface area contributed by atoms with Crippen LogP contribution in [0.1, 0.15) is 33.6 Å². The second-order valence-electron chi connectivity index (χ2n) is 4.87. The summed E-state index contributed by atoms with van der Waals surface area (Å²) >= 11 is 5.93. The highest BCUT2D eigenvalue weighted by Gasteiger charge is 2.33. The lowest BCUT2D eigenvalue weighted by Crippen LogP contribution is -2.43. The molecule has 1 atom stereocenters. The number of nitrogens with one attached hydrogen (secondary N) is 1. The van der Waals surface area contributed by atoms with Crippen LogP contribution >= 0.6 is 11.6 Å². The Morgan fingerprint density at radius 1 is 1.33 bits per heavy atom. The summed E-state index contributed by atoms with van der Waals surface area (Å²) in [6.07, 6.45) is 1.48. The maximum atomic E-state index is 12.5. The van der Waals surface area contributed by atoms with Crippen LogP contribution in [0.2, 0.25) is 5.02 Å². The van der Waals surface area contributed by atoms with E-state index in [1.54, 1.807) is 6.07 Å². The molecule has 0 saturated heterocycles. The van der Waals surface area contributed by atoms with Gasteiger partial charge in [-0.05, 0) is 31.9 Å². The molecule has 0 aliphatic rings. The number of amides is 1. The second kappa shape index (κ2) is 7.13. The molecule has 0 saturated carbocycles. The van der Waals surface area contributed by atoms with Gasteiger partial charge in [0.25, 0.3) is 0 Å². The normalized spacial score (nSPS) is 13.2. The summed E-state index contributed by atoms with van der Waals surface area (Å²) in [5.74, 6) is -0.539. The number of benzene rings is 1. The maximum Gasteiger partial charge on any atom is 0.238 e. The van der Waals surface area contributed by atoms with E-state index in [0.717, 1.165) is 12.8 Å². The van der Waals surface area contributed by atoms with E-state index in [1.165, 1.54) is 19.1 Å². The molecule has 0 bridgehead atoms. The molecule has 0 aliphatic heterocycles. The molecule has 1 rings (SSSR count). The maximum absolute atomic E-state index is 12.5. The Labute approximate surface area is 130 Å². The molecule has 1 aromatic carbocycles. The molecule has 118 valence electrons. The van der Waals surface area contributed by atoms with Crippen molar-refractivity contribution in [3.05, 3.63) is 23.2 Å². The Morgan fingerprint density at radius 3 is 2.38 bits per heavy atom. The third-order valence-electron chi connectivity index (χ3n) is 3.45. The van der Waals surface area contributed by atoms with Gasteiger partial charge < -0.3 is 11.1 Å². The highest BCUT2D eigenvalue weighted by molar-refractivity contribution is 7.93. The molecule has 0 fully saturated rings. The van der Waals surface area contributed by atoms with Crippen molar-refractivity contribution in [2.24, 2.45) is 0 Å². The molecule has 21 heavy (non-hydrogen) atoms. The van der Waals surface area contributed by atoms with Gasteiger partial charge in [-0.3, -0.25) is 4.79 Å². The number of rotatable bonds is 6. The largest absolute Gasteiger partial charge is 0.398 e. The molecule has 0 aliphatic carbocycles. The summed E-state index contributed by atoms with van der Waals surface area (Å²) in [7, 11) is -3.93. The van der Waals surface area contributed by atoms with Crippen molar-refractivity contribution in [2.75, 3.05) is 5.73 Å². The molecule has 7 heteroatoms. The van der Waals surface area contributed by atoms with Gasteiger partial charge in [0.2, 0.25) is 5.91 Å². The van der Waals surface area contributed by atoms with Crippen LogP contribution in [0, 0.1) is 0 Å². The van der Waals surface area contributed by atoms with Crippen LogP contribution in [0.15, 0.2) is 23.1 Å². The lowest BCUT2D eigenvalue weighted by Gasteiger charge is -2.19. The molecule has 0 aromatic heterocycles. The number of nitrogen functional groups attached to an aromatic ring is 1.